The summed E-state index contributed by atoms with van der Waals surface area (Å²) in [6.07, 6.45) is 2.32. The number of rotatable bonds is 8. The predicted molar refractivity (Wildman–Crippen MR) is 164 cm³/mol. The molecule has 222 valence electrons. The van der Waals surface area contributed by atoms with Crippen LogP contribution in [0.3, 0.4) is 0 Å². The molecule has 1 atom stereocenters. The van der Waals surface area contributed by atoms with Crippen LogP contribution in [0.4, 0.5) is 9.59 Å². The molecule has 3 rings (SSSR count). The van der Waals surface area contributed by atoms with Crippen molar-refractivity contribution < 1.29 is 23.5 Å². The third-order valence-electron chi connectivity index (χ3n) is 6.33. The summed E-state index contributed by atoms with van der Waals surface area (Å²) in [5.41, 5.74) is -0.680. The fourth-order valence-corrected chi connectivity index (χ4v) is 9.36. The number of hydrogen-bond acceptors (Lipinski definition) is 6. The number of carbonyl (C=O) groups excluding carboxylic acids is 2. The molecule has 1 heterocycles. The van der Waals surface area contributed by atoms with Crippen LogP contribution in [0.5, 0.6) is 0 Å². The van der Waals surface area contributed by atoms with Gasteiger partial charge in [-0.3, -0.25) is 0 Å². The molecule has 9 heteroatoms. The quantitative estimate of drug-likeness (QED) is 0.346. The zero-order chi connectivity index (χ0) is 30.5. The number of alkyl carbamates (subject to hydrolysis) is 1. The molecule has 0 saturated heterocycles. The number of ether oxygens (including phenoxy) is 2. The average Bonchev–Trinajstić information content (AvgIpc) is 3.31. The van der Waals surface area contributed by atoms with Crippen molar-refractivity contribution in [3.63, 3.8) is 0 Å². The number of imidazole rings is 1. The molecule has 1 amide bonds. The van der Waals surface area contributed by atoms with Crippen LogP contribution < -0.4 is 15.7 Å². The molecule has 0 radical (unpaired) electrons. The van der Waals surface area contributed by atoms with Crippen LogP contribution in [0, 0.1) is 0 Å². The zero-order valence-electron chi connectivity index (χ0n) is 25.9. The molecule has 0 unspecified atom stereocenters. The fourth-order valence-electron chi connectivity index (χ4n) is 4.75. The zero-order valence-corrected chi connectivity index (χ0v) is 26.9. The fraction of sp³-hybridized carbons (Fsp3) is 0.469. The SMILES string of the molecule is CC(C)(C)OC(=O)N[C@H](CO[Si](c1ccccc1)(c1ccccc1)C(C)(C)C)Cc1cn(C(=O)OC(C)(C)C)cn1. The highest BCUT2D eigenvalue weighted by Crippen LogP contribution is 2.36. The molecule has 2 aromatic carbocycles. The van der Waals surface area contributed by atoms with Gasteiger partial charge in [0.15, 0.2) is 0 Å². The first kappa shape index (κ1) is 32.1. The Kier molecular flexibility index (Phi) is 9.87. The van der Waals surface area contributed by atoms with Gasteiger partial charge in [0.25, 0.3) is 8.32 Å². The maximum Gasteiger partial charge on any atom is 0.419 e. The first-order chi connectivity index (χ1) is 19.0. The van der Waals surface area contributed by atoms with Gasteiger partial charge in [-0.2, -0.15) is 0 Å². The smallest absolute Gasteiger partial charge is 0.419 e. The summed E-state index contributed by atoms with van der Waals surface area (Å²) < 4.78 is 19.5. The minimum atomic E-state index is -2.86. The molecular weight excluding hydrogens is 534 g/mol. The summed E-state index contributed by atoms with van der Waals surface area (Å²) in [7, 11) is -2.86. The van der Waals surface area contributed by atoms with E-state index >= 15 is 0 Å². The molecule has 0 fully saturated rings. The van der Waals surface area contributed by atoms with Crippen molar-refractivity contribution in [1.29, 1.82) is 0 Å². The van der Waals surface area contributed by atoms with Crippen molar-refractivity contribution in [3.8, 4) is 0 Å². The number of hydrogen-bond donors (Lipinski definition) is 1. The second-order valence-electron chi connectivity index (χ2n) is 13.3. The van der Waals surface area contributed by atoms with E-state index in [2.05, 4.69) is 55.3 Å². The van der Waals surface area contributed by atoms with Crippen molar-refractivity contribution in [3.05, 3.63) is 78.9 Å². The van der Waals surface area contributed by atoms with Gasteiger partial charge in [0.1, 0.15) is 17.5 Å². The monoisotopic (exact) mass is 579 g/mol. The van der Waals surface area contributed by atoms with E-state index < -0.39 is 37.7 Å². The summed E-state index contributed by atoms with van der Waals surface area (Å²) >= 11 is 0. The van der Waals surface area contributed by atoms with Crippen LogP contribution in [-0.2, 0) is 20.3 Å². The molecule has 1 N–H and O–H groups in total. The Balaban J connectivity index is 1.96. The first-order valence-electron chi connectivity index (χ1n) is 14.0. The van der Waals surface area contributed by atoms with E-state index in [9.17, 15) is 9.59 Å². The van der Waals surface area contributed by atoms with Crippen LogP contribution in [-0.4, -0.2) is 53.9 Å². The highest BCUT2D eigenvalue weighted by atomic mass is 28.4. The molecule has 8 nitrogen and oxygen atoms in total. The van der Waals surface area contributed by atoms with Crippen LogP contribution in [0.1, 0.15) is 68.0 Å². The number of carbonyl (C=O) groups is 2. The van der Waals surface area contributed by atoms with Crippen LogP contribution in [0.25, 0.3) is 0 Å². The lowest BCUT2D eigenvalue weighted by Gasteiger charge is -2.43. The van der Waals surface area contributed by atoms with Crippen molar-refractivity contribution in [2.75, 3.05) is 6.61 Å². The van der Waals surface area contributed by atoms with Crippen molar-refractivity contribution in [2.24, 2.45) is 0 Å². The molecule has 41 heavy (non-hydrogen) atoms. The van der Waals surface area contributed by atoms with Gasteiger partial charge in [-0.25, -0.2) is 19.1 Å². The largest absolute Gasteiger partial charge is 0.444 e. The molecular formula is C32H45N3O5Si. The molecule has 3 aromatic rings. The summed E-state index contributed by atoms with van der Waals surface area (Å²) in [4.78, 5) is 29.9. The molecule has 0 aliphatic carbocycles. The van der Waals surface area contributed by atoms with Crippen molar-refractivity contribution in [2.45, 2.75) is 91.0 Å². The van der Waals surface area contributed by atoms with E-state index in [0.717, 1.165) is 10.4 Å². The standard InChI is InChI=1S/C32H45N3O5Si/c1-30(2,3)39-28(36)34-25(20-24-21-35(23-33-24)29(37)40-31(4,5)6)22-38-41(32(7,8)9,26-16-12-10-13-17-26)27-18-14-11-15-19-27/h10-19,21,23,25H,20,22H2,1-9H3,(H,34,36)/t25-/m0/s1. The molecule has 0 saturated carbocycles. The third-order valence-corrected chi connectivity index (χ3v) is 11.3. The van der Waals surface area contributed by atoms with E-state index in [1.807, 2.05) is 77.9 Å². The van der Waals surface area contributed by atoms with Crippen LogP contribution >= 0.6 is 0 Å². The van der Waals surface area contributed by atoms with Crippen LogP contribution in [0.2, 0.25) is 5.04 Å². The van der Waals surface area contributed by atoms with Gasteiger partial charge in [0.05, 0.1) is 18.3 Å². The molecule has 0 spiro atoms. The Labute approximate surface area is 245 Å². The highest BCUT2D eigenvalue weighted by Gasteiger charge is 2.50. The number of amides is 1. The summed E-state index contributed by atoms with van der Waals surface area (Å²) in [5.74, 6) is 0. The van der Waals surface area contributed by atoms with Gasteiger partial charge in [0, 0.05) is 12.6 Å². The van der Waals surface area contributed by atoms with E-state index in [0.29, 0.717) is 12.1 Å². The maximum absolute atomic E-state index is 12.9. The van der Waals surface area contributed by atoms with Crippen molar-refractivity contribution >= 4 is 30.9 Å². The number of aromatic nitrogens is 2. The van der Waals surface area contributed by atoms with E-state index in [1.165, 1.54) is 10.9 Å². The Bertz CT molecular complexity index is 1250. The van der Waals surface area contributed by atoms with Gasteiger partial charge in [0.2, 0.25) is 0 Å². The Morgan fingerprint density at radius 3 is 1.80 bits per heavy atom. The Hall–Kier alpha value is -3.43. The minimum absolute atomic E-state index is 0.214. The van der Waals surface area contributed by atoms with Gasteiger partial charge in [-0.15, -0.1) is 0 Å². The average molecular weight is 580 g/mol. The maximum atomic E-state index is 12.9. The molecule has 0 aliphatic rings. The minimum Gasteiger partial charge on any atom is -0.444 e. The normalized spacial score (nSPS) is 13.4. The lowest BCUT2D eigenvalue weighted by molar-refractivity contribution is 0.0482. The predicted octanol–water partition coefficient (Wildman–Crippen LogP) is 5.68. The third kappa shape index (κ3) is 8.77. The molecule has 0 bridgehead atoms. The highest BCUT2D eigenvalue weighted by molar-refractivity contribution is 6.99. The second-order valence-corrected chi connectivity index (χ2v) is 17.6. The second kappa shape index (κ2) is 12.6. The lowest BCUT2D eigenvalue weighted by atomic mass is 10.2. The number of nitrogens with one attached hydrogen (secondary N) is 1. The van der Waals surface area contributed by atoms with E-state index in [1.54, 1.807) is 6.20 Å². The first-order valence-corrected chi connectivity index (χ1v) is 15.9. The van der Waals surface area contributed by atoms with Gasteiger partial charge in [-0.05, 0) is 57.0 Å². The van der Waals surface area contributed by atoms with Crippen molar-refractivity contribution in [1.82, 2.24) is 14.9 Å². The van der Waals surface area contributed by atoms with Gasteiger partial charge in [-0.1, -0.05) is 81.4 Å². The summed E-state index contributed by atoms with van der Waals surface area (Å²) in [6.45, 7) is 17.7. The van der Waals surface area contributed by atoms with Gasteiger partial charge >= 0.3 is 12.2 Å². The van der Waals surface area contributed by atoms with Crippen LogP contribution in [0.15, 0.2) is 73.2 Å². The van der Waals surface area contributed by atoms with E-state index in [-0.39, 0.29) is 11.6 Å². The Morgan fingerprint density at radius 2 is 1.34 bits per heavy atom. The summed E-state index contributed by atoms with van der Waals surface area (Å²) in [5, 5.41) is 5.05. The molecule has 0 aliphatic heterocycles. The lowest BCUT2D eigenvalue weighted by Crippen LogP contribution is -2.67. The topological polar surface area (TPSA) is 91.7 Å². The number of benzene rings is 2. The van der Waals surface area contributed by atoms with E-state index in [4.69, 9.17) is 13.9 Å². The summed E-state index contributed by atoms with van der Waals surface area (Å²) in [6, 6.07) is 20.2. The number of nitrogens with zero attached hydrogens (tertiary/aromatic N) is 2. The molecule has 1 aromatic heterocycles. The Morgan fingerprint density at radius 1 is 0.829 bits per heavy atom. The van der Waals surface area contributed by atoms with Gasteiger partial charge < -0.3 is 19.2 Å².